The normalized spacial score (nSPS) is 26.6. The van der Waals surface area contributed by atoms with Gasteiger partial charge in [-0.25, -0.2) is 4.79 Å². The summed E-state index contributed by atoms with van der Waals surface area (Å²) < 4.78 is 4.82. The van der Waals surface area contributed by atoms with Gasteiger partial charge < -0.3 is 15.0 Å². The van der Waals surface area contributed by atoms with E-state index in [9.17, 15) is 4.79 Å². The van der Waals surface area contributed by atoms with Crippen molar-refractivity contribution in [1.82, 2.24) is 10.2 Å². The molecule has 1 amide bonds. The zero-order valence-corrected chi connectivity index (χ0v) is 9.37. The number of rotatable bonds is 4. The van der Waals surface area contributed by atoms with Crippen LogP contribution in [-0.2, 0) is 4.74 Å². The molecule has 2 rings (SSSR count). The number of likely N-dealkylation sites (tertiary alicyclic amines) is 1. The summed E-state index contributed by atoms with van der Waals surface area (Å²) in [6.45, 7) is 5.40. The Morgan fingerprint density at radius 2 is 2.27 bits per heavy atom. The Hall–Kier alpha value is -0.770. The van der Waals surface area contributed by atoms with Gasteiger partial charge in [-0.3, -0.25) is 0 Å². The van der Waals surface area contributed by atoms with E-state index in [-0.39, 0.29) is 6.09 Å². The molecule has 1 aliphatic heterocycles. The van der Waals surface area contributed by atoms with Crippen LogP contribution in [-0.4, -0.2) is 43.3 Å². The monoisotopic (exact) mass is 212 g/mol. The van der Waals surface area contributed by atoms with Gasteiger partial charge in [0.15, 0.2) is 0 Å². The fourth-order valence-corrected chi connectivity index (χ4v) is 2.21. The minimum absolute atomic E-state index is 0.276. The van der Waals surface area contributed by atoms with Crippen molar-refractivity contribution >= 4 is 6.09 Å². The lowest BCUT2D eigenvalue weighted by Gasteiger charge is -2.14. The topological polar surface area (TPSA) is 41.6 Å². The smallest absolute Gasteiger partial charge is 0.407 e. The van der Waals surface area contributed by atoms with Crippen LogP contribution in [0.3, 0.4) is 0 Å². The van der Waals surface area contributed by atoms with Crippen LogP contribution in [0.15, 0.2) is 0 Å². The van der Waals surface area contributed by atoms with Crippen LogP contribution in [0.5, 0.6) is 0 Å². The summed E-state index contributed by atoms with van der Waals surface area (Å²) in [6, 6.07) is 0.859. The van der Waals surface area contributed by atoms with E-state index in [2.05, 4.69) is 10.2 Å². The van der Waals surface area contributed by atoms with Gasteiger partial charge in [0.25, 0.3) is 0 Å². The molecule has 0 radical (unpaired) electrons. The van der Waals surface area contributed by atoms with Gasteiger partial charge in [0.2, 0.25) is 0 Å². The zero-order valence-electron chi connectivity index (χ0n) is 9.37. The Morgan fingerprint density at radius 1 is 1.47 bits per heavy atom. The molecular formula is C11H20N2O2. The van der Waals surface area contributed by atoms with E-state index in [1.807, 2.05) is 6.92 Å². The first-order valence-corrected chi connectivity index (χ1v) is 5.94. The van der Waals surface area contributed by atoms with Crippen molar-refractivity contribution in [3.63, 3.8) is 0 Å². The summed E-state index contributed by atoms with van der Waals surface area (Å²) >= 11 is 0. The molecule has 1 N–H and O–H groups in total. The molecule has 0 spiro atoms. The summed E-state index contributed by atoms with van der Waals surface area (Å²) in [5.41, 5.74) is 0. The van der Waals surface area contributed by atoms with E-state index in [1.54, 1.807) is 0 Å². The van der Waals surface area contributed by atoms with Gasteiger partial charge in [-0.1, -0.05) is 0 Å². The third kappa shape index (κ3) is 3.09. The molecule has 1 saturated heterocycles. The first-order valence-electron chi connectivity index (χ1n) is 5.94. The van der Waals surface area contributed by atoms with Crippen molar-refractivity contribution < 1.29 is 9.53 Å². The maximum atomic E-state index is 11.1. The second kappa shape index (κ2) is 4.84. The van der Waals surface area contributed by atoms with Gasteiger partial charge in [-0.2, -0.15) is 0 Å². The number of amides is 1. The first kappa shape index (κ1) is 10.7. The van der Waals surface area contributed by atoms with Crippen molar-refractivity contribution in [3.05, 3.63) is 0 Å². The van der Waals surface area contributed by atoms with Crippen molar-refractivity contribution in [1.29, 1.82) is 0 Å². The molecule has 0 bridgehead atoms. The highest BCUT2D eigenvalue weighted by atomic mass is 16.5. The molecule has 1 heterocycles. The van der Waals surface area contributed by atoms with Gasteiger partial charge in [-0.05, 0) is 38.6 Å². The first-order chi connectivity index (χ1) is 7.29. The summed E-state index contributed by atoms with van der Waals surface area (Å²) in [5, 5.41) is 2.82. The highest BCUT2D eigenvalue weighted by Gasteiger charge is 2.34. The molecule has 4 nitrogen and oxygen atoms in total. The number of ether oxygens (including phenoxy) is 1. The lowest BCUT2D eigenvalue weighted by molar-refractivity contribution is 0.150. The van der Waals surface area contributed by atoms with Crippen molar-refractivity contribution in [2.24, 2.45) is 5.92 Å². The average Bonchev–Trinajstić information content (AvgIpc) is 2.96. The summed E-state index contributed by atoms with van der Waals surface area (Å²) in [6.07, 6.45) is 3.68. The Bertz CT molecular complexity index is 229. The number of hydrogen-bond acceptors (Lipinski definition) is 3. The molecular weight excluding hydrogens is 192 g/mol. The summed E-state index contributed by atoms with van der Waals surface area (Å²) in [5.74, 6) is 0.620. The largest absolute Gasteiger partial charge is 0.450 e. The molecule has 0 aromatic rings. The van der Waals surface area contributed by atoms with Crippen LogP contribution < -0.4 is 5.32 Å². The maximum absolute atomic E-state index is 11.1. The number of carbonyl (C=O) groups excluding carboxylic acids is 1. The Labute approximate surface area is 91.0 Å². The highest BCUT2D eigenvalue weighted by Crippen LogP contribution is 2.31. The minimum atomic E-state index is -0.276. The number of nitrogens with zero attached hydrogens (tertiary/aromatic N) is 1. The predicted molar refractivity (Wildman–Crippen MR) is 57.7 cm³/mol. The van der Waals surface area contributed by atoms with E-state index in [0.29, 0.717) is 12.5 Å². The van der Waals surface area contributed by atoms with E-state index >= 15 is 0 Å². The van der Waals surface area contributed by atoms with E-state index in [0.717, 1.165) is 19.1 Å². The molecule has 86 valence electrons. The number of nitrogens with one attached hydrogen (secondary N) is 1. The molecule has 1 aliphatic carbocycles. The minimum Gasteiger partial charge on any atom is -0.450 e. The zero-order chi connectivity index (χ0) is 10.7. The van der Waals surface area contributed by atoms with Gasteiger partial charge in [0.05, 0.1) is 6.61 Å². The van der Waals surface area contributed by atoms with Crippen LogP contribution in [0, 0.1) is 5.92 Å². The van der Waals surface area contributed by atoms with Crippen molar-refractivity contribution in [3.8, 4) is 0 Å². The van der Waals surface area contributed by atoms with Crippen LogP contribution in [0.25, 0.3) is 0 Å². The second-order valence-corrected chi connectivity index (χ2v) is 4.48. The van der Waals surface area contributed by atoms with Gasteiger partial charge >= 0.3 is 6.09 Å². The molecule has 1 atom stereocenters. The van der Waals surface area contributed by atoms with E-state index in [4.69, 9.17) is 4.74 Å². The van der Waals surface area contributed by atoms with Crippen molar-refractivity contribution in [2.45, 2.75) is 32.2 Å². The molecule has 1 unspecified atom stereocenters. The highest BCUT2D eigenvalue weighted by molar-refractivity contribution is 5.67. The number of carbonyl (C=O) groups is 1. The number of alkyl carbamates (subject to hydrolysis) is 1. The molecule has 0 aromatic carbocycles. The standard InChI is InChI=1S/C11H20N2O2/c1-2-15-11(14)12-7-9-5-6-13(8-9)10-3-4-10/h9-10H,2-8H2,1H3,(H,12,14). The third-order valence-electron chi connectivity index (χ3n) is 3.19. The lowest BCUT2D eigenvalue weighted by Crippen LogP contribution is -2.31. The van der Waals surface area contributed by atoms with Crippen LogP contribution >= 0.6 is 0 Å². The van der Waals surface area contributed by atoms with Gasteiger partial charge in [-0.15, -0.1) is 0 Å². The molecule has 4 heteroatoms. The predicted octanol–water partition coefficient (Wildman–Crippen LogP) is 1.22. The molecule has 15 heavy (non-hydrogen) atoms. The fraction of sp³-hybridized carbons (Fsp3) is 0.909. The molecule has 2 fully saturated rings. The molecule has 0 aromatic heterocycles. The lowest BCUT2D eigenvalue weighted by atomic mass is 10.1. The third-order valence-corrected chi connectivity index (χ3v) is 3.19. The SMILES string of the molecule is CCOC(=O)NCC1CCN(C2CC2)C1. The van der Waals surface area contributed by atoms with E-state index in [1.165, 1.54) is 25.8 Å². The average molecular weight is 212 g/mol. The van der Waals surface area contributed by atoms with Crippen LogP contribution in [0.2, 0.25) is 0 Å². The van der Waals surface area contributed by atoms with Crippen molar-refractivity contribution in [2.75, 3.05) is 26.2 Å². The van der Waals surface area contributed by atoms with Gasteiger partial charge in [0, 0.05) is 19.1 Å². The Balaban J connectivity index is 1.61. The Morgan fingerprint density at radius 3 is 2.93 bits per heavy atom. The van der Waals surface area contributed by atoms with Crippen LogP contribution in [0.4, 0.5) is 4.79 Å². The summed E-state index contributed by atoms with van der Waals surface area (Å²) in [4.78, 5) is 13.6. The maximum Gasteiger partial charge on any atom is 0.407 e. The van der Waals surface area contributed by atoms with E-state index < -0.39 is 0 Å². The summed E-state index contributed by atoms with van der Waals surface area (Å²) in [7, 11) is 0. The quantitative estimate of drug-likeness (QED) is 0.761. The number of hydrogen-bond donors (Lipinski definition) is 1. The van der Waals surface area contributed by atoms with Gasteiger partial charge in [0.1, 0.15) is 0 Å². The molecule has 1 saturated carbocycles. The Kier molecular flexibility index (Phi) is 3.46. The second-order valence-electron chi connectivity index (χ2n) is 4.48. The molecule has 2 aliphatic rings. The van der Waals surface area contributed by atoms with Crippen LogP contribution in [0.1, 0.15) is 26.2 Å². The fourth-order valence-electron chi connectivity index (χ4n) is 2.21.